The molecule has 3 aromatic rings. The van der Waals surface area contributed by atoms with E-state index in [1.54, 1.807) is 29.0 Å². The molecule has 1 aromatic carbocycles. The van der Waals surface area contributed by atoms with Crippen LogP contribution in [0.15, 0.2) is 53.2 Å². The molecule has 5 nitrogen and oxygen atoms in total. The molecular formula is C19H13F3N2O3S2. The lowest BCUT2D eigenvalue weighted by molar-refractivity contribution is -0.138. The zero-order valence-electron chi connectivity index (χ0n) is 14.6. The molecule has 29 heavy (non-hydrogen) atoms. The van der Waals surface area contributed by atoms with Gasteiger partial charge < -0.3 is 10.6 Å². The van der Waals surface area contributed by atoms with Crippen molar-refractivity contribution in [3.8, 4) is 0 Å². The maximum absolute atomic E-state index is 13.0. The van der Waals surface area contributed by atoms with Gasteiger partial charge in [-0.2, -0.15) is 24.5 Å². The van der Waals surface area contributed by atoms with Gasteiger partial charge in [0.1, 0.15) is 0 Å². The van der Waals surface area contributed by atoms with E-state index in [4.69, 9.17) is 0 Å². The molecule has 2 N–H and O–H groups in total. The Bertz CT molecular complexity index is 1040. The summed E-state index contributed by atoms with van der Waals surface area (Å²) in [6.07, 6.45) is -4.66. The molecule has 0 bridgehead atoms. The molecule has 2 heterocycles. The van der Waals surface area contributed by atoms with Gasteiger partial charge in [0, 0.05) is 15.8 Å². The van der Waals surface area contributed by atoms with E-state index in [1.807, 2.05) is 5.32 Å². The van der Waals surface area contributed by atoms with Gasteiger partial charge in [-0.05, 0) is 35.7 Å². The van der Waals surface area contributed by atoms with Crippen molar-refractivity contribution in [2.24, 2.45) is 0 Å². The number of amides is 2. The summed E-state index contributed by atoms with van der Waals surface area (Å²) in [5.74, 6) is -2.44. The van der Waals surface area contributed by atoms with Crippen LogP contribution in [-0.4, -0.2) is 17.6 Å². The third-order valence-corrected chi connectivity index (χ3v) is 5.55. The van der Waals surface area contributed by atoms with Crippen LogP contribution in [0.25, 0.3) is 0 Å². The smallest absolute Gasteiger partial charge is 0.343 e. The molecule has 0 spiro atoms. The average molecular weight is 438 g/mol. The monoisotopic (exact) mass is 438 g/mol. The van der Waals surface area contributed by atoms with Crippen molar-refractivity contribution >= 4 is 46.0 Å². The minimum Gasteiger partial charge on any atom is -0.343 e. The molecule has 0 aliphatic heterocycles. The highest BCUT2D eigenvalue weighted by atomic mass is 32.1. The molecule has 3 rings (SSSR count). The highest BCUT2D eigenvalue weighted by molar-refractivity contribution is 7.14. The fourth-order valence-corrected chi connectivity index (χ4v) is 3.94. The van der Waals surface area contributed by atoms with Crippen molar-refractivity contribution in [3.63, 3.8) is 0 Å². The quantitative estimate of drug-likeness (QED) is 0.460. The first-order chi connectivity index (χ1) is 13.8. The minimum atomic E-state index is -4.66. The third kappa shape index (κ3) is 5.09. The van der Waals surface area contributed by atoms with E-state index < -0.39 is 29.2 Å². The Kier molecular flexibility index (Phi) is 6.14. The Morgan fingerprint density at radius 1 is 0.966 bits per heavy atom. The molecule has 10 heteroatoms. The number of anilines is 1. The Morgan fingerprint density at radius 3 is 2.41 bits per heavy atom. The van der Waals surface area contributed by atoms with Gasteiger partial charge in [0.15, 0.2) is 0 Å². The average Bonchev–Trinajstić information content (AvgIpc) is 3.37. The molecular weight excluding hydrogens is 425 g/mol. The fourth-order valence-electron chi connectivity index (χ4n) is 2.40. The molecule has 0 unspecified atom stereocenters. The highest BCUT2D eigenvalue weighted by Gasteiger charge is 2.34. The largest absolute Gasteiger partial charge is 0.418 e. The molecule has 0 radical (unpaired) electrons. The first kappa shape index (κ1) is 20.7. The lowest BCUT2D eigenvalue weighted by Gasteiger charge is -2.13. The van der Waals surface area contributed by atoms with Gasteiger partial charge in [-0.3, -0.25) is 14.4 Å². The number of rotatable bonds is 5. The van der Waals surface area contributed by atoms with Crippen LogP contribution in [0, 0.1) is 0 Å². The van der Waals surface area contributed by atoms with Gasteiger partial charge in [0.2, 0.25) is 5.78 Å². The summed E-state index contributed by atoms with van der Waals surface area (Å²) >= 11 is 2.56. The van der Waals surface area contributed by atoms with E-state index in [0.717, 1.165) is 23.5 Å². The van der Waals surface area contributed by atoms with Gasteiger partial charge >= 0.3 is 18.0 Å². The summed E-state index contributed by atoms with van der Waals surface area (Å²) in [5, 5.41) is 7.83. The van der Waals surface area contributed by atoms with E-state index in [0.29, 0.717) is 15.3 Å². The molecule has 0 saturated carbocycles. The van der Waals surface area contributed by atoms with Crippen LogP contribution < -0.4 is 10.6 Å². The topological polar surface area (TPSA) is 75.3 Å². The summed E-state index contributed by atoms with van der Waals surface area (Å²) in [6.45, 7) is -0.0330. The number of carbonyl (C=O) groups excluding carboxylic acids is 3. The molecule has 0 aliphatic rings. The minimum absolute atomic E-state index is 0.0330. The molecule has 0 atom stereocenters. The van der Waals surface area contributed by atoms with Crippen molar-refractivity contribution in [2.75, 3.05) is 5.32 Å². The number of alkyl halides is 3. The number of carbonyl (C=O) groups is 3. The molecule has 2 aromatic heterocycles. The van der Waals surface area contributed by atoms with Crippen LogP contribution in [0.2, 0.25) is 0 Å². The van der Waals surface area contributed by atoms with Crippen LogP contribution in [0.4, 0.5) is 18.9 Å². The Morgan fingerprint density at radius 2 is 1.72 bits per heavy atom. The van der Waals surface area contributed by atoms with Gasteiger partial charge in [0.05, 0.1) is 22.7 Å². The lowest BCUT2D eigenvalue weighted by Crippen LogP contribution is -2.35. The summed E-state index contributed by atoms with van der Waals surface area (Å²) in [5.41, 5.74) is -0.981. The van der Waals surface area contributed by atoms with E-state index >= 15 is 0 Å². The number of ketones is 1. The number of para-hydroxylation sites is 1. The van der Waals surface area contributed by atoms with E-state index in [9.17, 15) is 27.6 Å². The van der Waals surface area contributed by atoms with Crippen molar-refractivity contribution in [3.05, 3.63) is 74.1 Å². The first-order valence-electron chi connectivity index (χ1n) is 8.16. The maximum Gasteiger partial charge on any atom is 0.418 e. The fraction of sp³-hybridized carbons (Fsp3) is 0.105. The second-order valence-corrected chi connectivity index (χ2v) is 7.74. The summed E-state index contributed by atoms with van der Waals surface area (Å²) < 4.78 is 38.9. The third-order valence-electron chi connectivity index (χ3n) is 3.78. The molecule has 2 amide bonds. The standard InChI is InChI=1S/C19H13F3N2O3S2/c20-19(21,22)13-3-1-2-4-14(13)24-18(27)17(26)23-9-12-5-6-15(29-12)16(25)11-7-8-28-10-11/h1-8,10H,9H2,(H,23,26)(H,24,27). The zero-order chi connectivity index (χ0) is 21.0. The lowest BCUT2D eigenvalue weighted by atomic mass is 10.1. The van der Waals surface area contributed by atoms with Gasteiger partial charge in [-0.1, -0.05) is 12.1 Å². The van der Waals surface area contributed by atoms with Crippen molar-refractivity contribution < 1.29 is 27.6 Å². The van der Waals surface area contributed by atoms with Crippen molar-refractivity contribution in [1.82, 2.24) is 5.32 Å². The first-order valence-corrected chi connectivity index (χ1v) is 9.92. The molecule has 0 aliphatic carbocycles. The van der Waals surface area contributed by atoms with Crippen LogP contribution >= 0.6 is 22.7 Å². The number of hydrogen-bond acceptors (Lipinski definition) is 5. The number of hydrogen-bond donors (Lipinski definition) is 2. The van der Waals surface area contributed by atoms with Crippen LogP contribution in [0.1, 0.15) is 25.7 Å². The van der Waals surface area contributed by atoms with E-state index in [-0.39, 0.29) is 12.3 Å². The number of benzene rings is 1. The Hall–Kier alpha value is -2.98. The number of halogens is 3. The molecule has 0 saturated heterocycles. The van der Waals surface area contributed by atoms with Crippen molar-refractivity contribution in [2.45, 2.75) is 12.7 Å². The van der Waals surface area contributed by atoms with Crippen LogP contribution in [0.5, 0.6) is 0 Å². The highest BCUT2D eigenvalue weighted by Crippen LogP contribution is 2.34. The Labute approximate surface area is 171 Å². The van der Waals surface area contributed by atoms with Gasteiger partial charge in [-0.25, -0.2) is 0 Å². The summed E-state index contributed by atoms with van der Waals surface area (Å²) in [7, 11) is 0. The maximum atomic E-state index is 13.0. The van der Waals surface area contributed by atoms with Gasteiger partial charge in [0.25, 0.3) is 0 Å². The normalized spacial score (nSPS) is 11.1. The van der Waals surface area contributed by atoms with E-state index in [1.165, 1.54) is 23.5 Å². The molecule has 150 valence electrons. The number of nitrogens with one attached hydrogen (secondary N) is 2. The van der Waals surface area contributed by atoms with Crippen LogP contribution in [0.3, 0.4) is 0 Å². The Balaban J connectivity index is 1.59. The predicted molar refractivity (Wildman–Crippen MR) is 104 cm³/mol. The second kappa shape index (κ2) is 8.58. The van der Waals surface area contributed by atoms with E-state index in [2.05, 4.69) is 5.32 Å². The van der Waals surface area contributed by atoms with Gasteiger partial charge in [-0.15, -0.1) is 11.3 Å². The predicted octanol–water partition coefficient (Wildman–Crippen LogP) is 4.31. The zero-order valence-corrected chi connectivity index (χ0v) is 16.2. The summed E-state index contributed by atoms with van der Waals surface area (Å²) in [6, 6.07) is 9.34. The molecule has 0 fully saturated rings. The SMILES string of the molecule is O=C(NCc1ccc(C(=O)c2ccsc2)s1)C(=O)Nc1ccccc1C(F)(F)F. The number of thiophene rings is 2. The summed E-state index contributed by atoms with van der Waals surface area (Å²) in [4.78, 5) is 37.3. The van der Waals surface area contributed by atoms with Crippen LogP contribution in [-0.2, 0) is 22.3 Å². The van der Waals surface area contributed by atoms with Crippen molar-refractivity contribution in [1.29, 1.82) is 0 Å². The second-order valence-electron chi connectivity index (χ2n) is 5.79.